The fraction of sp³-hybridized carbons (Fsp3) is 0.462. The summed E-state index contributed by atoms with van der Waals surface area (Å²) >= 11 is 0. The fourth-order valence-electron chi connectivity index (χ4n) is 2.48. The van der Waals surface area contributed by atoms with Gasteiger partial charge in [0.2, 0.25) is 0 Å². The van der Waals surface area contributed by atoms with Gasteiger partial charge in [-0.3, -0.25) is 0 Å². The van der Waals surface area contributed by atoms with Gasteiger partial charge in [-0.25, -0.2) is 4.79 Å². The average Bonchev–Trinajstić information content (AvgIpc) is 2.96. The topological polar surface area (TPSA) is 72.7 Å². The van der Waals surface area contributed by atoms with Gasteiger partial charge in [0.15, 0.2) is 0 Å². The van der Waals surface area contributed by atoms with E-state index in [1.807, 2.05) is 12.1 Å². The Hall–Kier alpha value is -1.59. The quantitative estimate of drug-likeness (QED) is 0.629. The first-order chi connectivity index (χ1) is 8.81. The summed E-state index contributed by atoms with van der Waals surface area (Å²) in [5.74, 6) is 0. The third-order valence-electron chi connectivity index (χ3n) is 3.49. The third kappa shape index (κ3) is 2.47. The lowest BCUT2D eigenvalue weighted by atomic mass is 10.1. The molecule has 96 valence electrons. The summed E-state index contributed by atoms with van der Waals surface area (Å²) in [6.07, 6.45) is 2.20. The number of hydrogen-bond acceptors (Lipinski definition) is 3. The first-order valence-electron chi connectivity index (χ1n) is 6.46. The molecule has 1 fully saturated rings. The van der Waals surface area contributed by atoms with Crippen molar-refractivity contribution in [1.82, 2.24) is 20.6 Å². The van der Waals surface area contributed by atoms with Gasteiger partial charge in [-0.15, -0.1) is 0 Å². The molecule has 0 aliphatic carbocycles. The molecule has 2 heterocycles. The highest BCUT2D eigenvalue weighted by Gasteiger charge is 2.12. The van der Waals surface area contributed by atoms with E-state index >= 15 is 0 Å². The van der Waals surface area contributed by atoms with E-state index in [-0.39, 0.29) is 5.69 Å². The minimum absolute atomic E-state index is 0.141. The molecule has 1 saturated heterocycles. The molecule has 0 radical (unpaired) electrons. The molecule has 5 nitrogen and oxygen atoms in total. The molecule has 0 bridgehead atoms. The van der Waals surface area contributed by atoms with Gasteiger partial charge in [-0.1, -0.05) is 6.07 Å². The summed E-state index contributed by atoms with van der Waals surface area (Å²) in [5.41, 5.74) is 2.87. The second-order valence-electron chi connectivity index (χ2n) is 4.85. The number of benzene rings is 1. The predicted octanol–water partition coefficient (Wildman–Crippen LogP) is 0.350. The van der Waals surface area contributed by atoms with E-state index in [2.05, 4.69) is 26.7 Å². The number of hydrogen-bond donors (Lipinski definition) is 4. The molecule has 18 heavy (non-hydrogen) atoms. The van der Waals surface area contributed by atoms with Crippen molar-refractivity contribution in [2.75, 3.05) is 19.6 Å². The highest BCUT2D eigenvalue weighted by atomic mass is 16.1. The molecule has 1 atom stereocenters. The molecule has 0 amide bonds. The maximum absolute atomic E-state index is 11.2. The van der Waals surface area contributed by atoms with Gasteiger partial charge in [-0.2, -0.15) is 0 Å². The molecule has 0 saturated carbocycles. The van der Waals surface area contributed by atoms with Crippen LogP contribution in [0.15, 0.2) is 23.0 Å². The largest absolute Gasteiger partial charge is 0.323 e. The minimum atomic E-state index is -0.141. The Kier molecular flexibility index (Phi) is 3.17. The normalized spacial score (nSPS) is 19.7. The minimum Gasteiger partial charge on any atom is -0.315 e. The average molecular weight is 246 g/mol. The Balaban J connectivity index is 1.61. The molecule has 1 unspecified atom stereocenters. The second-order valence-corrected chi connectivity index (χ2v) is 4.85. The van der Waals surface area contributed by atoms with E-state index in [1.165, 1.54) is 12.0 Å². The number of nitrogens with one attached hydrogen (secondary N) is 4. The zero-order chi connectivity index (χ0) is 12.4. The lowest BCUT2D eigenvalue weighted by molar-refractivity contribution is 0.550. The fourth-order valence-corrected chi connectivity index (χ4v) is 2.48. The first kappa shape index (κ1) is 11.5. The Bertz CT molecular complexity index is 580. The highest BCUT2D eigenvalue weighted by molar-refractivity contribution is 5.74. The molecule has 1 aromatic carbocycles. The summed E-state index contributed by atoms with van der Waals surface area (Å²) in [6.45, 7) is 3.17. The summed E-state index contributed by atoms with van der Waals surface area (Å²) < 4.78 is 0. The molecule has 1 aliphatic heterocycles. The monoisotopic (exact) mass is 246 g/mol. The van der Waals surface area contributed by atoms with Crippen molar-refractivity contribution in [1.29, 1.82) is 0 Å². The van der Waals surface area contributed by atoms with Gasteiger partial charge < -0.3 is 20.6 Å². The summed E-state index contributed by atoms with van der Waals surface area (Å²) in [7, 11) is 0. The van der Waals surface area contributed by atoms with Gasteiger partial charge in [-0.05, 0) is 43.6 Å². The van der Waals surface area contributed by atoms with Crippen LogP contribution in [0.25, 0.3) is 11.0 Å². The zero-order valence-corrected chi connectivity index (χ0v) is 10.3. The van der Waals surface area contributed by atoms with Crippen molar-refractivity contribution in [3.8, 4) is 0 Å². The lowest BCUT2D eigenvalue weighted by Crippen LogP contribution is -2.32. The van der Waals surface area contributed by atoms with Crippen LogP contribution in [0.3, 0.4) is 0 Å². The molecular formula is C13H18N4O. The van der Waals surface area contributed by atoms with Crippen molar-refractivity contribution in [2.24, 2.45) is 0 Å². The van der Waals surface area contributed by atoms with E-state index in [4.69, 9.17) is 0 Å². The third-order valence-corrected chi connectivity index (χ3v) is 3.49. The SMILES string of the molecule is O=c1[nH]c2ccc(CCNC3CCNC3)cc2[nH]1. The Morgan fingerprint density at radius 1 is 1.28 bits per heavy atom. The van der Waals surface area contributed by atoms with Crippen LogP contribution in [0.2, 0.25) is 0 Å². The van der Waals surface area contributed by atoms with Crippen LogP contribution in [0, 0.1) is 0 Å². The van der Waals surface area contributed by atoms with Crippen molar-refractivity contribution >= 4 is 11.0 Å². The Morgan fingerprint density at radius 2 is 2.17 bits per heavy atom. The van der Waals surface area contributed by atoms with Gasteiger partial charge in [0, 0.05) is 12.6 Å². The standard InChI is InChI=1S/C13H18N4O/c18-13-16-11-2-1-9(7-12(11)17-13)3-6-15-10-4-5-14-8-10/h1-2,7,10,14-15H,3-6,8H2,(H2,16,17,18). The van der Waals surface area contributed by atoms with Gasteiger partial charge in [0.05, 0.1) is 11.0 Å². The van der Waals surface area contributed by atoms with Crippen LogP contribution in [-0.2, 0) is 6.42 Å². The van der Waals surface area contributed by atoms with E-state index in [1.54, 1.807) is 0 Å². The molecule has 3 rings (SSSR count). The number of rotatable bonds is 4. The Morgan fingerprint density at radius 3 is 3.00 bits per heavy atom. The van der Waals surface area contributed by atoms with Crippen LogP contribution >= 0.6 is 0 Å². The van der Waals surface area contributed by atoms with Crippen LogP contribution in [0.4, 0.5) is 0 Å². The molecule has 1 aromatic heterocycles. The number of aromatic nitrogens is 2. The van der Waals surface area contributed by atoms with E-state index in [0.29, 0.717) is 6.04 Å². The highest BCUT2D eigenvalue weighted by Crippen LogP contribution is 2.10. The number of H-pyrrole nitrogens is 2. The molecule has 4 N–H and O–H groups in total. The molecule has 1 aliphatic rings. The van der Waals surface area contributed by atoms with Crippen LogP contribution in [0.1, 0.15) is 12.0 Å². The van der Waals surface area contributed by atoms with Crippen molar-refractivity contribution < 1.29 is 0 Å². The number of fused-ring (bicyclic) bond motifs is 1. The number of aromatic amines is 2. The van der Waals surface area contributed by atoms with E-state index in [9.17, 15) is 4.79 Å². The van der Waals surface area contributed by atoms with Crippen molar-refractivity contribution in [3.63, 3.8) is 0 Å². The summed E-state index contributed by atoms with van der Waals surface area (Å²) in [5, 5.41) is 6.88. The summed E-state index contributed by atoms with van der Waals surface area (Å²) in [6, 6.07) is 6.68. The van der Waals surface area contributed by atoms with E-state index in [0.717, 1.165) is 37.1 Å². The van der Waals surface area contributed by atoms with Crippen LogP contribution in [-0.4, -0.2) is 35.6 Å². The zero-order valence-electron chi connectivity index (χ0n) is 10.3. The van der Waals surface area contributed by atoms with Gasteiger partial charge >= 0.3 is 5.69 Å². The van der Waals surface area contributed by atoms with Crippen LogP contribution < -0.4 is 16.3 Å². The predicted molar refractivity (Wildman–Crippen MR) is 71.9 cm³/mol. The lowest BCUT2D eigenvalue weighted by Gasteiger charge is -2.10. The Labute approximate surface area is 105 Å². The van der Waals surface area contributed by atoms with Crippen LogP contribution in [0.5, 0.6) is 0 Å². The maximum Gasteiger partial charge on any atom is 0.323 e. The van der Waals surface area contributed by atoms with Crippen molar-refractivity contribution in [2.45, 2.75) is 18.9 Å². The van der Waals surface area contributed by atoms with E-state index < -0.39 is 0 Å². The summed E-state index contributed by atoms with van der Waals surface area (Å²) in [4.78, 5) is 16.7. The van der Waals surface area contributed by atoms with Gasteiger partial charge in [0.25, 0.3) is 0 Å². The van der Waals surface area contributed by atoms with Crippen molar-refractivity contribution in [3.05, 3.63) is 34.2 Å². The first-order valence-corrected chi connectivity index (χ1v) is 6.46. The molecule has 5 heteroatoms. The van der Waals surface area contributed by atoms with Gasteiger partial charge in [0.1, 0.15) is 0 Å². The smallest absolute Gasteiger partial charge is 0.315 e. The number of imidazole rings is 1. The molecule has 2 aromatic rings. The second kappa shape index (κ2) is 4.96. The molecular weight excluding hydrogens is 228 g/mol. The maximum atomic E-state index is 11.2. The molecule has 0 spiro atoms.